The summed E-state index contributed by atoms with van der Waals surface area (Å²) < 4.78 is 32.3. The van der Waals surface area contributed by atoms with E-state index in [1.807, 2.05) is 0 Å². The average molecular weight is 401 g/mol. The maximum Gasteiger partial charge on any atom is 0.253 e. The first-order valence-electron chi connectivity index (χ1n) is 6.96. The Morgan fingerprint density at radius 1 is 1.29 bits per heavy atom. The van der Waals surface area contributed by atoms with Gasteiger partial charge in [0.1, 0.15) is 30.1 Å². The molecule has 2 aromatic carbocycles. The Balaban J connectivity index is 1.95. The Morgan fingerprint density at radius 3 is 2.58 bits per heavy atom. The fourth-order valence-corrected chi connectivity index (χ4v) is 2.40. The third-order valence-electron chi connectivity index (χ3n) is 3.09. The molecule has 1 atom stereocenters. The number of halogens is 3. The van der Waals surface area contributed by atoms with Crippen molar-refractivity contribution in [2.75, 3.05) is 18.5 Å². The fourth-order valence-electron chi connectivity index (χ4n) is 1.97. The van der Waals surface area contributed by atoms with Gasteiger partial charge in [0.05, 0.1) is 11.3 Å². The van der Waals surface area contributed by atoms with E-state index in [4.69, 9.17) is 10.5 Å². The molecule has 1 amide bonds. The Hall–Kier alpha value is -2.19. The van der Waals surface area contributed by atoms with Crippen molar-refractivity contribution < 1.29 is 23.4 Å². The van der Waals surface area contributed by atoms with E-state index in [-0.39, 0.29) is 30.2 Å². The molecular weight excluding hydrogens is 386 g/mol. The molecule has 0 radical (unpaired) electrons. The molecule has 8 heteroatoms. The van der Waals surface area contributed by atoms with Gasteiger partial charge in [0.15, 0.2) is 0 Å². The smallest absolute Gasteiger partial charge is 0.253 e. The summed E-state index contributed by atoms with van der Waals surface area (Å²) in [6.07, 6.45) is -0.946. The Labute approximate surface area is 145 Å². The van der Waals surface area contributed by atoms with E-state index in [0.29, 0.717) is 10.2 Å². The summed E-state index contributed by atoms with van der Waals surface area (Å²) >= 11 is 3.12. The number of nitrogens with two attached hydrogens (primary N) is 1. The van der Waals surface area contributed by atoms with Crippen LogP contribution in [0.2, 0.25) is 0 Å². The molecule has 0 aliphatic heterocycles. The van der Waals surface area contributed by atoms with Gasteiger partial charge in [-0.15, -0.1) is 0 Å². The zero-order valence-corrected chi connectivity index (χ0v) is 14.0. The van der Waals surface area contributed by atoms with Crippen molar-refractivity contribution in [3.63, 3.8) is 0 Å². The van der Waals surface area contributed by atoms with Crippen LogP contribution in [0.15, 0.2) is 40.9 Å². The molecule has 1 unspecified atom stereocenters. The normalized spacial score (nSPS) is 11.8. The molecule has 5 nitrogen and oxygen atoms in total. The maximum atomic E-state index is 13.8. The first-order chi connectivity index (χ1) is 11.4. The van der Waals surface area contributed by atoms with Gasteiger partial charge in [-0.3, -0.25) is 4.79 Å². The van der Waals surface area contributed by atoms with Crippen molar-refractivity contribution in [3.8, 4) is 5.75 Å². The van der Waals surface area contributed by atoms with Crippen LogP contribution in [0, 0.1) is 11.6 Å². The van der Waals surface area contributed by atoms with E-state index in [0.717, 1.165) is 6.07 Å². The van der Waals surface area contributed by atoms with E-state index in [1.54, 1.807) is 0 Å². The lowest BCUT2D eigenvalue weighted by molar-refractivity contribution is 0.0996. The van der Waals surface area contributed by atoms with Gasteiger partial charge in [-0.25, -0.2) is 8.78 Å². The predicted molar refractivity (Wildman–Crippen MR) is 89.0 cm³/mol. The molecule has 0 saturated carbocycles. The number of amides is 1. The van der Waals surface area contributed by atoms with Crippen LogP contribution in [0.25, 0.3) is 0 Å². The molecule has 0 bridgehead atoms. The summed E-state index contributed by atoms with van der Waals surface area (Å²) in [6, 6.07) is 7.96. The summed E-state index contributed by atoms with van der Waals surface area (Å²) in [5.41, 5.74) is 5.04. The molecule has 128 valence electrons. The van der Waals surface area contributed by atoms with Crippen LogP contribution in [0.4, 0.5) is 14.5 Å². The lowest BCUT2D eigenvalue weighted by atomic mass is 10.1. The quantitative estimate of drug-likeness (QED) is 0.666. The van der Waals surface area contributed by atoms with Crippen LogP contribution < -0.4 is 15.8 Å². The Morgan fingerprint density at radius 2 is 1.96 bits per heavy atom. The molecule has 0 aliphatic carbocycles. The Kier molecular flexibility index (Phi) is 6.10. The summed E-state index contributed by atoms with van der Waals surface area (Å²) in [4.78, 5) is 11.3. The van der Waals surface area contributed by atoms with E-state index in [2.05, 4.69) is 21.2 Å². The summed E-state index contributed by atoms with van der Waals surface area (Å²) in [5.74, 6) is -1.67. The SMILES string of the molecule is NC(=O)c1c(F)cc(Br)cc1NCC(O)COc1ccc(F)cc1. The molecule has 0 aliphatic rings. The minimum atomic E-state index is -0.946. The van der Waals surface area contributed by atoms with E-state index in [9.17, 15) is 18.7 Å². The third kappa shape index (κ3) is 4.90. The number of carbonyl (C=O) groups is 1. The number of anilines is 1. The molecule has 0 heterocycles. The zero-order chi connectivity index (χ0) is 17.7. The first kappa shape index (κ1) is 18.2. The largest absolute Gasteiger partial charge is 0.491 e. The minimum Gasteiger partial charge on any atom is -0.491 e. The van der Waals surface area contributed by atoms with Gasteiger partial charge in [-0.2, -0.15) is 0 Å². The van der Waals surface area contributed by atoms with E-state index >= 15 is 0 Å². The second kappa shape index (κ2) is 8.07. The molecule has 4 N–H and O–H groups in total. The van der Waals surface area contributed by atoms with Crippen molar-refractivity contribution >= 4 is 27.5 Å². The van der Waals surface area contributed by atoms with E-state index < -0.39 is 17.8 Å². The van der Waals surface area contributed by atoms with Gasteiger partial charge < -0.3 is 20.9 Å². The molecular formula is C16H15BrF2N2O3. The number of primary amides is 1. The second-order valence-electron chi connectivity index (χ2n) is 4.97. The third-order valence-corrected chi connectivity index (χ3v) is 3.54. The van der Waals surface area contributed by atoms with Gasteiger partial charge in [-0.05, 0) is 36.4 Å². The van der Waals surface area contributed by atoms with Crippen LogP contribution in [0.1, 0.15) is 10.4 Å². The molecule has 0 saturated heterocycles. The monoisotopic (exact) mass is 400 g/mol. The highest BCUT2D eigenvalue weighted by atomic mass is 79.9. The van der Waals surface area contributed by atoms with Gasteiger partial charge in [0, 0.05) is 11.0 Å². The number of carbonyl (C=O) groups excluding carboxylic acids is 1. The standard InChI is InChI=1S/C16H15BrF2N2O3/c17-9-5-13(19)15(16(20)23)14(6-9)21-7-11(22)8-24-12-3-1-10(18)2-4-12/h1-6,11,21-22H,7-8H2,(H2,20,23). The van der Waals surface area contributed by atoms with Crippen LogP contribution in [-0.4, -0.2) is 30.3 Å². The number of hydrogen-bond donors (Lipinski definition) is 3. The van der Waals surface area contributed by atoms with Crippen LogP contribution >= 0.6 is 15.9 Å². The van der Waals surface area contributed by atoms with Crippen molar-refractivity contribution in [2.45, 2.75) is 6.10 Å². The van der Waals surface area contributed by atoms with Gasteiger partial charge in [0.25, 0.3) is 5.91 Å². The predicted octanol–water partition coefficient (Wildman–Crippen LogP) is 2.68. The summed E-state index contributed by atoms with van der Waals surface area (Å²) in [7, 11) is 0. The number of benzene rings is 2. The molecule has 0 fully saturated rings. The lowest BCUT2D eigenvalue weighted by Gasteiger charge is -2.16. The second-order valence-corrected chi connectivity index (χ2v) is 5.89. The highest BCUT2D eigenvalue weighted by molar-refractivity contribution is 9.10. The van der Waals surface area contributed by atoms with Crippen LogP contribution in [0.5, 0.6) is 5.75 Å². The number of aliphatic hydroxyl groups is 1. The fraction of sp³-hybridized carbons (Fsp3) is 0.188. The molecule has 24 heavy (non-hydrogen) atoms. The van der Waals surface area contributed by atoms with Gasteiger partial charge >= 0.3 is 0 Å². The zero-order valence-electron chi connectivity index (χ0n) is 12.4. The molecule has 0 spiro atoms. The molecule has 2 aromatic rings. The van der Waals surface area contributed by atoms with Crippen molar-refractivity contribution in [1.82, 2.24) is 0 Å². The van der Waals surface area contributed by atoms with Gasteiger partial charge in [-0.1, -0.05) is 15.9 Å². The molecule has 0 aromatic heterocycles. The highest BCUT2D eigenvalue weighted by Crippen LogP contribution is 2.24. The minimum absolute atomic E-state index is 0.00261. The summed E-state index contributed by atoms with van der Waals surface area (Å²) in [5, 5.41) is 12.7. The topological polar surface area (TPSA) is 84.6 Å². The van der Waals surface area contributed by atoms with Gasteiger partial charge in [0.2, 0.25) is 0 Å². The first-order valence-corrected chi connectivity index (χ1v) is 7.75. The van der Waals surface area contributed by atoms with Crippen LogP contribution in [-0.2, 0) is 0 Å². The Bertz CT molecular complexity index is 726. The molecule has 2 rings (SSSR count). The van der Waals surface area contributed by atoms with Crippen LogP contribution in [0.3, 0.4) is 0 Å². The van der Waals surface area contributed by atoms with Crippen molar-refractivity contribution in [1.29, 1.82) is 0 Å². The number of rotatable bonds is 7. The lowest BCUT2D eigenvalue weighted by Crippen LogP contribution is -2.27. The van der Waals surface area contributed by atoms with E-state index in [1.165, 1.54) is 30.3 Å². The van der Waals surface area contributed by atoms with Crippen molar-refractivity contribution in [2.24, 2.45) is 5.73 Å². The number of hydrogen-bond acceptors (Lipinski definition) is 4. The van der Waals surface area contributed by atoms with Crippen molar-refractivity contribution in [3.05, 3.63) is 58.1 Å². The number of aliphatic hydroxyl groups excluding tert-OH is 1. The summed E-state index contributed by atoms with van der Waals surface area (Å²) in [6.45, 7) is -0.0710. The highest BCUT2D eigenvalue weighted by Gasteiger charge is 2.16. The number of nitrogens with one attached hydrogen (secondary N) is 1. The average Bonchev–Trinajstić information content (AvgIpc) is 2.51. The number of ether oxygens (including phenoxy) is 1. The maximum absolute atomic E-state index is 13.8.